The summed E-state index contributed by atoms with van der Waals surface area (Å²) in [7, 11) is 0. The fourth-order valence-electron chi connectivity index (χ4n) is 2.55. The molecule has 4 nitrogen and oxygen atoms in total. The van der Waals surface area contributed by atoms with Crippen LogP contribution in [0.3, 0.4) is 0 Å². The molecule has 1 aliphatic heterocycles. The van der Waals surface area contributed by atoms with Gasteiger partial charge in [-0.15, -0.1) is 0 Å². The first-order valence-electron chi connectivity index (χ1n) is 6.83. The van der Waals surface area contributed by atoms with Crippen molar-refractivity contribution in [1.29, 1.82) is 10.5 Å². The van der Waals surface area contributed by atoms with Crippen molar-refractivity contribution < 1.29 is 4.74 Å². The minimum atomic E-state index is -0.308. The Morgan fingerprint density at radius 2 is 1.57 bits per heavy atom. The lowest BCUT2D eigenvalue weighted by molar-refractivity contribution is 0.340. The van der Waals surface area contributed by atoms with E-state index in [1.807, 2.05) is 45.0 Å². The highest BCUT2D eigenvalue weighted by Crippen LogP contribution is 2.37. The highest BCUT2D eigenvalue weighted by atomic mass is 16.5. The van der Waals surface area contributed by atoms with Crippen LogP contribution in [0.15, 0.2) is 46.8 Å². The smallest absolute Gasteiger partial charge is 0.119 e. The van der Waals surface area contributed by atoms with E-state index in [-0.39, 0.29) is 5.92 Å². The van der Waals surface area contributed by atoms with E-state index in [9.17, 15) is 10.5 Å². The number of allylic oxidation sites excluding steroid dienone is 4. The summed E-state index contributed by atoms with van der Waals surface area (Å²) >= 11 is 0. The second kappa shape index (κ2) is 6.15. The monoisotopic (exact) mass is 279 g/mol. The second-order valence-corrected chi connectivity index (χ2v) is 4.86. The number of benzene rings is 1. The predicted octanol–water partition coefficient (Wildman–Crippen LogP) is 3.37. The summed E-state index contributed by atoms with van der Waals surface area (Å²) in [6.45, 7) is 6.26. The number of hydrogen-bond acceptors (Lipinski definition) is 4. The van der Waals surface area contributed by atoms with Crippen molar-refractivity contribution in [3.05, 3.63) is 52.4 Å². The molecule has 0 aliphatic carbocycles. The van der Waals surface area contributed by atoms with Crippen LogP contribution < -0.4 is 10.1 Å². The lowest BCUT2D eigenvalue weighted by Crippen LogP contribution is -2.23. The summed E-state index contributed by atoms with van der Waals surface area (Å²) in [5, 5.41) is 22.0. The van der Waals surface area contributed by atoms with Crippen molar-refractivity contribution in [2.75, 3.05) is 6.61 Å². The molecule has 4 heteroatoms. The molecule has 0 unspecified atom stereocenters. The van der Waals surface area contributed by atoms with E-state index in [1.165, 1.54) is 0 Å². The zero-order valence-corrected chi connectivity index (χ0v) is 12.4. The van der Waals surface area contributed by atoms with Crippen LogP contribution in [0, 0.1) is 22.7 Å². The van der Waals surface area contributed by atoms with Gasteiger partial charge in [-0.05, 0) is 38.5 Å². The van der Waals surface area contributed by atoms with E-state index in [2.05, 4.69) is 17.5 Å². The third-order valence-corrected chi connectivity index (χ3v) is 3.53. The third-order valence-electron chi connectivity index (χ3n) is 3.53. The molecule has 0 saturated heterocycles. The van der Waals surface area contributed by atoms with Gasteiger partial charge >= 0.3 is 0 Å². The van der Waals surface area contributed by atoms with Crippen molar-refractivity contribution >= 4 is 0 Å². The van der Waals surface area contributed by atoms with Gasteiger partial charge in [-0.3, -0.25) is 0 Å². The largest absolute Gasteiger partial charge is 0.494 e. The minimum Gasteiger partial charge on any atom is -0.494 e. The fraction of sp³-hybridized carbons (Fsp3) is 0.294. The Hall–Kier alpha value is -2.72. The van der Waals surface area contributed by atoms with E-state index >= 15 is 0 Å². The second-order valence-electron chi connectivity index (χ2n) is 4.86. The van der Waals surface area contributed by atoms with Crippen LogP contribution in [0.4, 0.5) is 0 Å². The van der Waals surface area contributed by atoms with Gasteiger partial charge in [0.15, 0.2) is 0 Å². The van der Waals surface area contributed by atoms with Crippen LogP contribution in [0.5, 0.6) is 5.75 Å². The Bertz CT molecular complexity index is 648. The maximum Gasteiger partial charge on any atom is 0.119 e. The summed E-state index contributed by atoms with van der Waals surface area (Å²) in [6.07, 6.45) is 0. The van der Waals surface area contributed by atoms with Gasteiger partial charge in [-0.25, -0.2) is 0 Å². The lowest BCUT2D eigenvalue weighted by Gasteiger charge is -2.26. The Morgan fingerprint density at radius 1 is 1.05 bits per heavy atom. The molecule has 21 heavy (non-hydrogen) atoms. The first-order valence-corrected chi connectivity index (χ1v) is 6.83. The SMILES string of the molecule is CCOc1ccc(C2C(C#N)=C(C)NC(C)=C2C#N)cc1. The molecule has 2 rings (SSSR count). The number of nitrogens with one attached hydrogen (secondary N) is 1. The normalized spacial score (nSPS) is 15.3. The number of hydrogen-bond donors (Lipinski definition) is 1. The highest BCUT2D eigenvalue weighted by Gasteiger charge is 2.29. The van der Waals surface area contributed by atoms with Crippen LogP contribution in [-0.2, 0) is 0 Å². The molecule has 0 fully saturated rings. The predicted molar refractivity (Wildman–Crippen MR) is 80.1 cm³/mol. The molecule has 0 aromatic heterocycles. The Kier molecular flexibility index (Phi) is 4.30. The average Bonchev–Trinajstić information content (AvgIpc) is 2.48. The number of ether oxygens (including phenoxy) is 1. The van der Waals surface area contributed by atoms with E-state index in [0.29, 0.717) is 17.8 Å². The molecule has 106 valence electrons. The van der Waals surface area contributed by atoms with Crippen molar-refractivity contribution in [2.45, 2.75) is 26.7 Å². The topological polar surface area (TPSA) is 68.8 Å². The number of nitrogens with zero attached hydrogens (tertiary/aromatic N) is 2. The van der Waals surface area contributed by atoms with Crippen molar-refractivity contribution in [2.24, 2.45) is 0 Å². The highest BCUT2D eigenvalue weighted by molar-refractivity contribution is 5.55. The number of nitriles is 2. The van der Waals surface area contributed by atoms with Gasteiger partial charge < -0.3 is 10.1 Å². The van der Waals surface area contributed by atoms with Crippen molar-refractivity contribution in [3.8, 4) is 17.9 Å². The van der Waals surface area contributed by atoms with E-state index < -0.39 is 0 Å². The van der Waals surface area contributed by atoms with Gasteiger partial charge in [0.05, 0.1) is 35.8 Å². The van der Waals surface area contributed by atoms with Gasteiger partial charge in [0.1, 0.15) is 5.75 Å². The molecule has 0 radical (unpaired) electrons. The molecule has 1 aromatic rings. The molecule has 1 aromatic carbocycles. The molecular weight excluding hydrogens is 262 g/mol. The number of rotatable bonds is 3. The Balaban J connectivity index is 2.49. The first kappa shape index (κ1) is 14.7. The summed E-state index contributed by atoms with van der Waals surface area (Å²) < 4.78 is 5.43. The molecule has 0 amide bonds. The summed E-state index contributed by atoms with van der Waals surface area (Å²) in [5.41, 5.74) is 3.69. The minimum absolute atomic E-state index is 0.308. The van der Waals surface area contributed by atoms with E-state index in [0.717, 1.165) is 22.7 Å². The van der Waals surface area contributed by atoms with Crippen LogP contribution in [0.1, 0.15) is 32.3 Å². The molecule has 1 heterocycles. The van der Waals surface area contributed by atoms with Crippen LogP contribution >= 0.6 is 0 Å². The molecule has 1 aliphatic rings. The molecular formula is C17H17N3O. The zero-order valence-electron chi connectivity index (χ0n) is 12.4. The molecule has 1 N–H and O–H groups in total. The van der Waals surface area contributed by atoms with Crippen molar-refractivity contribution in [1.82, 2.24) is 5.32 Å². The summed E-state index contributed by atoms with van der Waals surface area (Å²) in [4.78, 5) is 0. The van der Waals surface area contributed by atoms with Gasteiger partial charge in [-0.2, -0.15) is 10.5 Å². The quantitative estimate of drug-likeness (QED) is 0.921. The average molecular weight is 279 g/mol. The van der Waals surface area contributed by atoms with Gasteiger partial charge in [-0.1, -0.05) is 12.1 Å². The molecule has 0 spiro atoms. The Morgan fingerprint density at radius 3 is 2.00 bits per heavy atom. The standard InChI is InChI=1S/C17H17N3O/c1-4-21-14-7-5-13(6-8-14)17-15(9-18)11(2)20-12(3)16(17)10-19/h5-8,17,20H,4H2,1-3H3. The van der Waals surface area contributed by atoms with Gasteiger partial charge in [0.25, 0.3) is 0 Å². The molecule has 0 atom stereocenters. The van der Waals surface area contributed by atoms with E-state index in [4.69, 9.17) is 4.74 Å². The first-order chi connectivity index (χ1) is 10.1. The zero-order chi connectivity index (χ0) is 15.4. The lowest BCUT2D eigenvalue weighted by atomic mass is 9.81. The van der Waals surface area contributed by atoms with E-state index in [1.54, 1.807) is 0 Å². The molecule has 0 bridgehead atoms. The Labute approximate surface area is 125 Å². The number of dihydropyridines is 1. The molecule has 0 saturated carbocycles. The maximum absolute atomic E-state index is 9.43. The van der Waals surface area contributed by atoms with Crippen molar-refractivity contribution in [3.63, 3.8) is 0 Å². The maximum atomic E-state index is 9.43. The van der Waals surface area contributed by atoms with Crippen LogP contribution in [-0.4, -0.2) is 6.61 Å². The third kappa shape index (κ3) is 2.75. The van der Waals surface area contributed by atoms with Gasteiger partial charge in [0.2, 0.25) is 0 Å². The fourth-order valence-corrected chi connectivity index (χ4v) is 2.55. The van der Waals surface area contributed by atoms with Crippen LogP contribution in [0.25, 0.3) is 0 Å². The van der Waals surface area contributed by atoms with Crippen LogP contribution in [0.2, 0.25) is 0 Å². The van der Waals surface area contributed by atoms with Gasteiger partial charge in [0, 0.05) is 11.4 Å². The summed E-state index contributed by atoms with van der Waals surface area (Å²) in [6, 6.07) is 12.0. The summed E-state index contributed by atoms with van der Waals surface area (Å²) in [5.74, 6) is 0.477.